The molecule has 130 valence electrons. The SMILES string of the molecule is CC12CCC(=O)N1C(C(=O)Nc1ccc(Cl)c(C(F)(F)F)c1)CS2. The summed E-state index contributed by atoms with van der Waals surface area (Å²) in [5, 5.41) is 2.04. The van der Waals surface area contributed by atoms with Crippen LogP contribution in [0.4, 0.5) is 18.9 Å². The molecule has 24 heavy (non-hydrogen) atoms. The fourth-order valence-corrected chi connectivity index (χ4v) is 4.72. The van der Waals surface area contributed by atoms with Gasteiger partial charge in [-0.15, -0.1) is 11.8 Å². The number of benzene rings is 1. The van der Waals surface area contributed by atoms with E-state index in [1.807, 2.05) is 6.92 Å². The molecule has 4 nitrogen and oxygen atoms in total. The number of carbonyl (C=O) groups excluding carboxylic acids is 2. The Morgan fingerprint density at radius 2 is 2.17 bits per heavy atom. The fourth-order valence-electron chi connectivity index (χ4n) is 3.06. The molecule has 2 atom stereocenters. The summed E-state index contributed by atoms with van der Waals surface area (Å²) in [6.07, 6.45) is -3.56. The molecule has 2 heterocycles. The predicted octanol–water partition coefficient (Wildman–Crippen LogP) is 3.75. The summed E-state index contributed by atoms with van der Waals surface area (Å²) < 4.78 is 38.7. The van der Waals surface area contributed by atoms with Crippen molar-refractivity contribution in [3.63, 3.8) is 0 Å². The average Bonchev–Trinajstić information content (AvgIpc) is 2.97. The van der Waals surface area contributed by atoms with Crippen LogP contribution in [0.5, 0.6) is 0 Å². The molecular formula is C15H14ClF3N2O2S. The molecule has 2 amide bonds. The zero-order valence-corrected chi connectivity index (χ0v) is 14.2. The van der Waals surface area contributed by atoms with Crippen molar-refractivity contribution in [1.29, 1.82) is 0 Å². The largest absolute Gasteiger partial charge is 0.417 e. The summed E-state index contributed by atoms with van der Waals surface area (Å²) in [4.78, 5) is 25.6. The highest BCUT2D eigenvalue weighted by Gasteiger charge is 2.52. The van der Waals surface area contributed by atoms with Gasteiger partial charge in [-0.05, 0) is 31.5 Å². The highest BCUT2D eigenvalue weighted by Crippen LogP contribution is 2.47. The van der Waals surface area contributed by atoms with Gasteiger partial charge < -0.3 is 10.2 Å². The molecule has 0 spiro atoms. The number of fused-ring (bicyclic) bond motifs is 1. The van der Waals surface area contributed by atoms with Crippen LogP contribution in [0.2, 0.25) is 5.02 Å². The minimum atomic E-state index is -4.61. The standard InChI is InChI=1S/C15H14ClF3N2O2S/c1-14-5-4-12(22)21(14)11(7-24-14)13(23)20-8-2-3-10(16)9(6-8)15(17,18)19/h2-3,6,11H,4-5,7H2,1H3,(H,20,23). The minimum Gasteiger partial charge on any atom is -0.324 e. The second kappa shape index (κ2) is 5.84. The molecule has 2 saturated heterocycles. The summed E-state index contributed by atoms with van der Waals surface area (Å²) in [5.74, 6) is -0.167. The molecule has 1 aromatic rings. The van der Waals surface area contributed by atoms with Crippen LogP contribution in [0.15, 0.2) is 18.2 Å². The molecule has 0 saturated carbocycles. The minimum absolute atomic E-state index is 0.00183. The van der Waals surface area contributed by atoms with Crippen LogP contribution in [-0.2, 0) is 15.8 Å². The predicted molar refractivity (Wildman–Crippen MR) is 85.8 cm³/mol. The third-order valence-corrected chi connectivity index (χ3v) is 6.12. The Kier molecular flexibility index (Phi) is 4.24. The Bertz CT molecular complexity index is 712. The molecule has 1 N–H and O–H groups in total. The molecule has 0 radical (unpaired) electrons. The van der Waals surface area contributed by atoms with Crippen molar-refractivity contribution in [2.24, 2.45) is 0 Å². The lowest BCUT2D eigenvalue weighted by atomic mass is 10.1. The molecule has 2 fully saturated rings. The smallest absolute Gasteiger partial charge is 0.324 e. The third-order valence-electron chi connectivity index (χ3n) is 4.29. The summed E-state index contributed by atoms with van der Waals surface area (Å²) >= 11 is 7.09. The van der Waals surface area contributed by atoms with Crippen LogP contribution in [-0.4, -0.2) is 33.4 Å². The Morgan fingerprint density at radius 3 is 2.83 bits per heavy atom. The Hall–Kier alpha value is -1.41. The highest BCUT2D eigenvalue weighted by atomic mass is 35.5. The number of rotatable bonds is 2. The fraction of sp³-hybridized carbons (Fsp3) is 0.467. The van der Waals surface area contributed by atoms with Gasteiger partial charge in [0.15, 0.2) is 0 Å². The van der Waals surface area contributed by atoms with Gasteiger partial charge in [0, 0.05) is 17.9 Å². The van der Waals surface area contributed by atoms with Gasteiger partial charge in [0.05, 0.1) is 15.5 Å². The number of thioether (sulfide) groups is 1. The maximum Gasteiger partial charge on any atom is 0.417 e. The van der Waals surface area contributed by atoms with E-state index in [4.69, 9.17) is 11.6 Å². The highest BCUT2D eigenvalue weighted by molar-refractivity contribution is 8.01. The van der Waals surface area contributed by atoms with Gasteiger partial charge in [0.2, 0.25) is 11.8 Å². The van der Waals surface area contributed by atoms with Gasteiger partial charge in [-0.2, -0.15) is 13.2 Å². The molecule has 0 bridgehead atoms. The lowest BCUT2D eigenvalue weighted by Crippen LogP contribution is -2.48. The van der Waals surface area contributed by atoms with Crippen molar-refractivity contribution in [3.05, 3.63) is 28.8 Å². The van der Waals surface area contributed by atoms with Crippen LogP contribution in [0.1, 0.15) is 25.3 Å². The molecule has 2 aliphatic rings. The maximum atomic E-state index is 12.9. The van der Waals surface area contributed by atoms with E-state index in [9.17, 15) is 22.8 Å². The first-order valence-electron chi connectivity index (χ1n) is 7.25. The van der Waals surface area contributed by atoms with E-state index in [0.717, 1.165) is 12.1 Å². The summed E-state index contributed by atoms with van der Waals surface area (Å²) in [5.41, 5.74) is -1.01. The monoisotopic (exact) mass is 378 g/mol. The van der Waals surface area contributed by atoms with E-state index < -0.39 is 33.6 Å². The van der Waals surface area contributed by atoms with E-state index in [2.05, 4.69) is 5.32 Å². The quantitative estimate of drug-likeness (QED) is 0.852. The first kappa shape index (κ1) is 17.4. The summed E-state index contributed by atoms with van der Waals surface area (Å²) in [6.45, 7) is 1.90. The van der Waals surface area contributed by atoms with Crippen molar-refractivity contribution in [2.45, 2.75) is 36.9 Å². The van der Waals surface area contributed by atoms with Gasteiger partial charge in [-0.25, -0.2) is 0 Å². The normalized spacial score (nSPS) is 26.6. The number of nitrogens with zero attached hydrogens (tertiary/aromatic N) is 1. The van der Waals surface area contributed by atoms with Gasteiger partial charge in [-0.3, -0.25) is 9.59 Å². The van der Waals surface area contributed by atoms with Crippen LogP contribution < -0.4 is 5.32 Å². The Labute approximate surface area is 145 Å². The number of nitrogens with one attached hydrogen (secondary N) is 1. The Balaban J connectivity index is 1.80. The van der Waals surface area contributed by atoms with E-state index in [0.29, 0.717) is 18.6 Å². The molecule has 3 rings (SSSR count). The zero-order valence-electron chi connectivity index (χ0n) is 12.6. The van der Waals surface area contributed by atoms with Crippen molar-refractivity contribution >= 4 is 40.9 Å². The summed E-state index contributed by atoms with van der Waals surface area (Å²) in [6, 6.07) is 2.52. The summed E-state index contributed by atoms with van der Waals surface area (Å²) in [7, 11) is 0. The first-order valence-corrected chi connectivity index (χ1v) is 8.62. The van der Waals surface area contributed by atoms with Crippen molar-refractivity contribution < 1.29 is 22.8 Å². The number of carbonyl (C=O) groups is 2. The molecule has 2 aliphatic heterocycles. The van der Waals surface area contributed by atoms with Gasteiger partial charge in [-0.1, -0.05) is 11.6 Å². The second-order valence-corrected chi connectivity index (χ2v) is 7.86. The van der Waals surface area contributed by atoms with Crippen LogP contribution >= 0.6 is 23.4 Å². The molecule has 0 aromatic heterocycles. The number of hydrogen-bond donors (Lipinski definition) is 1. The maximum absolute atomic E-state index is 12.9. The molecule has 1 aromatic carbocycles. The lowest BCUT2D eigenvalue weighted by molar-refractivity contribution is -0.137. The molecule has 0 aliphatic carbocycles. The zero-order chi connectivity index (χ0) is 17.7. The topological polar surface area (TPSA) is 49.4 Å². The molecular weight excluding hydrogens is 365 g/mol. The number of amides is 2. The van der Waals surface area contributed by atoms with Crippen LogP contribution in [0.25, 0.3) is 0 Å². The van der Waals surface area contributed by atoms with Gasteiger partial charge in [0.25, 0.3) is 0 Å². The van der Waals surface area contributed by atoms with Crippen LogP contribution in [0, 0.1) is 0 Å². The number of halogens is 4. The molecule has 2 unspecified atom stereocenters. The van der Waals surface area contributed by atoms with Gasteiger partial charge >= 0.3 is 6.18 Å². The van der Waals surface area contributed by atoms with E-state index >= 15 is 0 Å². The lowest BCUT2D eigenvalue weighted by Gasteiger charge is -2.29. The van der Waals surface area contributed by atoms with Gasteiger partial charge in [0.1, 0.15) is 6.04 Å². The number of anilines is 1. The van der Waals surface area contributed by atoms with Crippen molar-refractivity contribution in [3.8, 4) is 0 Å². The number of alkyl halides is 3. The van der Waals surface area contributed by atoms with E-state index in [-0.39, 0.29) is 11.6 Å². The first-order chi connectivity index (χ1) is 11.1. The van der Waals surface area contributed by atoms with Crippen molar-refractivity contribution in [1.82, 2.24) is 4.90 Å². The van der Waals surface area contributed by atoms with Crippen LogP contribution in [0.3, 0.4) is 0 Å². The second-order valence-electron chi connectivity index (χ2n) is 5.95. The third kappa shape index (κ3) is 2.97. The van der Waals surface area contributed by atoms with Crippen molar-refractivity contribution in [2.75, 3.05) is 11.1 Å². The molecule has 9 heteroatoms. The Morgan fingerprint density at radius 1 is 1.46 bits per heavy atom. The van der Waals surface area contributed by atoms with E-state index in [1.165, 1.54) is 17.8 Å². The number of hydrogen-bond acceptors (Lipinski definition) is 3. The average molecular weight is 379 g/mol. The van der Waals surface area contributed by atoms with E-state index in [1.54, 1.807) is 4.90 Å².